The Labute approximate surface area is 143 Å². The Kier molecular flexibility index (Phi) is 5.37. The summed E-state index contributed by atoms with van der Waals surface area (Å²) in [4.78, 5) is 0. The SMILES string of the molecule is CC/C=C(\C)C[N+]1([O-])C[C@@H]2O[C@@H](O[C@H]2CO)[C@H]1Cc1ccccc1. The molecule has 1 aromatic carbocycles. The first kappa shape index (κ1) is 17.6. The number of aliphatic hydroxyl groups excluding tert-OH is 1. The van der Waals surface area contributed by atoms with Crippen LogP contribution in [0.15, 0.2) is 42.0 Å². The van der Waals surface area contributed by atoms with Crippen LogP contribution in [-0.2, 0) is 15.9 Å². The first-order chi connectivity index (χ1) is 11.6. The Morgan fingerprint density at radius 3 is 2.75 bits per heavy atom. The molecule has 1 aromatic rings. The third-order valence-corrected chi connectivity index (χ3v) is 4.98. The molecule has 0 aliphatic carbocycles. The second-order valence-corrected chi connectivity index (χ2v) is 6.91. The van der Waals surface area contributed by atoms with Gasteiger partial charge in [-0.3, -0.25) is 0 Å². The van der Waals surface area contributed by atoms with E-state index in [0.29, 0.717) is 19.5 Å². The summed E-state index contributed by atoms with van der Waals surface area (Å²) in [5, 5.41) is 23.2. The lowest BCUT2D eigenvalue weighted by atomic mass is 10.0. The molecule has 2 aliphatic heterocycles. The van der Waals surface area contributed by atoms with Crippen LogP contribution in [0.4, 0.5) is 0 Å². The van der Waals surface area contributed by atoms with Gasteiger partial charge in [-0.2, -0.15) is 0 Å². The largest absolute Gasteiger partial charge is 0.632 e. The molecule has 3 rings (SSSR count). The van der Waals surface area contributed by atoms with Gasteiger partial charge in [-0.05, 0) is 24.5 Å². The number of hydrogen-bond donors (Lipinski definition) is 1. The maximum Gasteiger partial charge on any atom is 0.212 e. The van der Waals surface area contributed by atoms with E-state index in [-0.39, 0.29) is 23.4 Å². The minimum atomic E-state index is -0.548. The van der Waals surface area contributed by atoms with Crippen LogP contribution in [0.2, 0.25) is 0 Å². The van der Waals surface area contributed by atoms with Crippen molar-refractivity contribution < 1.29 is 19.2 Å². The van der Waals surface area contributed by atoms with Crippen LogP contribution < -0.4 is 0 Å². The maximum atomic E-state index is 13.7. The van der Waals surface area contributed by atoms with Crippen LogP contribution in [0.25, 0.3) is 0 Å². The molecule has 5 nitrogen and oxygen atoms in total. The minimum absolute atomic E-state index is 0.108. The molecular formula is C19H27NO4. The number of hydrogen-bond acceptors (Lipinski definition) is 4. The lowest BCUT2D eigenvalue weighted by molar-refractivity contribution is -0.917. The number of rotatable bonds is 6. The second-order valence-electron chi connectivity index (χ2n) is 6.91. The summed E-state index contributed by atoms with van der Waals surface area (Å²) in [7, 11) is 0. The van der Waals surface area contributed by atoms with Crippen molar-refractivity contribution in [2.45, 2.75) is 51.2 Å². The van der Waals surface area contributed by atoms with Crippen LogP contribution in [0, 0.1) is 5.21 Å². The standard InChI is InChI=1S/C19H27NO4/c1-3-7-14(2)11-20(22)12-17-18(13-21)24-19(23-17)16(20)10-15-8-5-4-6-9-15/h4-9,16-19,21H,3,10-13H2,1-2H3/b14-7+/t16-,17+,18+,19+,20?/m1/s1. The van der Waals surface area contributed by atoms with Gasteiger partial charge < -0.3 is 24.4 Å². The molecule has 1 unspecified atom stereocenters. The third kappa shape index (κ3) is 3.55. The number of aliphatic hydroxyl groups is 1. The molecule has 0 spiro atoms. The van der Waals surface area contributed by atoms with Gasteiger partial charge in [0.1, 0.15) is 31.3 Å². The van der Waals surface area contributed by atoms with Crippen LogP contribution in [0.1, 0.15) is 25.8 Å². The topological polar surface area (TPSA) is 61.8 Å². The highest BCUT2D eigenvalue weighted by Gasteiger charge is 2.53. The van der Waals surface area contributed by atoms with Crippen molar-refractivity contribution in [2.75, 3.05) is 19.7 Å². The summed E-state index contributed by atoms with van der Waals surface area (Å²) in [6.07, 6.45) is 2.39. The highest BCUT2D eigenvalue weighted by Crippen LogP contribution is 2.37. The molecular weight excluding hydrogens is 306 g/mol. The molecule has 2 fully saturated rings. The molecule has 0 amide bonds. The van der Waals surface area contributed by atoms with E-state index in [1.54, 1.807) is 0 Å². The zero-order valence-electron chi connectivity index (χ0n) is 14.4. The van der Waals surface area contributed by atoms with Gasteiger partial charge in [-0.15, -0.1) is 0 Å². The summed E-state index contributed by atoms with van der Waals surface area (Å²) < 4.78 is 11.4. The van der Waals surface area contributed by atoms with Crippen LogP contribution in [0.5, 0.6) is 0 Å². The molecule has 132 valence electrons. The fraction of sp³-hybridized carbons (Fsp3) is 0.579. The molecule has 1 N–H and O–H groups in total. The molecule has 2 heterocycles. The summed E-state index contributed by atoms with van der Waals surface area (Å²) >= 11 is 0. The number of quaternary nitrogens is 1. The van der Waals surface area contributed by atoms with E-state index in [1.165, 1.54) is 0 Å². The van der Waals surface area contributed by atoms with Crippen LogP contribution >= 0.6 is 0 Å². The van der Waals surface area contributed by atoms with E-state index in [1.807, 2.05) is 37.3 Å². The fourth-order valence-electron chi connectivity index (χ4n) is 3.85. The van der Waals surface area contributed by atoms with Gasteiger partial charge in [0.2, 0.25) is 6.29 Å². The Morgan fingerprint density at radius 1 is 1.33 bits per heavy atom. The molecule has 24 heavy (non-hydrogen) atoms. The molecule has 2 saturated heterocycles. The Balaban J connectivity index is 1.86. The van der Waals surface area contributed by atoms with Gasteiger partial charge in [-0.25, -0.2) is 0 Å². The number of nitrogens with zero attached hydrogens (tertiary/aromatic N) is 1. The van der Waals surface area contributed by atoms with E-state index in [2.05, 4.69) is 13.0 Å². The number of hydroxylamine groups is 3. The average Bonchev–Trinajstić information content (AvgIpc) is 2.91. The first-order valence-electron chi connectivity index (χ1n) is 8.75. The smallest absolute Gasteiger partial charge is 0.212 e. The number of benzene rings is 1. The third-order valence-electron chi connectivity index (χ3n) is 4.98. The van der Waals surface area contributed by atoms with Gasteiger partial charge in [0.05, 0.1) is 6.61 Å². The van der Waals surface area contributed by atoms with Gasteiger partial charge in [0, 0.05) is 6.42 Å². The van der Waals surface area contributed by atoms with E-state index in [4.69, 9.17) is 9.47 Å². The summed E-state index contributed by atoms with van der Waals surface area (Å²) in [6.45, 7) is 4.76. The number of ether oxygens (including phenoxy) is 2. The van der Waals surface area contributed by atoms with Gasteiger partial charge in [-0.1, -0.05) is 43.3 Å². The Hall–Kier alpha value is -1.24. The van der Waals surface area contributed by atoms with Crippen molar-refractivity contribution in [1.82, 2.24) is 0 Å². The molecule has 5 heteroatoms. The molecule has 0 aromatic heterocycles. The first-order valence-corrected chi connectivity index (χ1v) is 8.75. The van der Waals surface area contributed by atoms with Crippen molar-refractivity contribution in [3.05, 3.63) is 52.8 Å². The van der Waals surface area contributed by atoms with Crippen LogP contribution in [-0.4, -0.2) is 54.0 Å². The Bertz CT molecular complexity index is 576. The monoisotopic (exact) mass is 333 g/mol. The predicted molar refractivity (Wildman–Crippen MR) is 92.0 cm³/mol. The molecule has 5 atom stereocenters. The van der Waals surface area contributed by atoms with Gasteiger partial charge in [0.15, 0.2) is 0 Å². The highest BCUT2D eigenvalue weighted by atomic mass is 16.8. The predicted octanol–water partition coefficient (Wildman–Crippen LogP) is 2.38. The number of allylic oxidation sites excluding steroid dienone is 1. The molecule has 2 bridgehead atoms. The lowest BCUT2D eigenvalue weighted by Crippen LogP contribution is -2.63. The summed E-state index contributed by atoms with van der Waals surface area (Å²) in [5.74, 6) is 0. The van der Waals surface area contributed by atoms with E-state index < -0.39 is 12.4 Å². The fourth-order valence-corrected chi connectivity index (χ4v) is 3.85. The van der Waals surface area contributed by atoms with Crippen LogP contribution in [0.3, 0.4) is 0 Å². The number of fused-ring (bicyclic) bond motifs is 2. The van der Waals surface area contributed by atoms with E-state index in [0.717, 1.165) is 17.6 Å². The van der Waals surface area contributed by atoms with Crippen molar-refractivity contribution in [3.8, 4) is 0 Å². The number of morpholine rings is 1. The van der Waals surface area contributed by atoms with Crippen molar-refractivity contribution in [1.29, 1.82) is 0 Å². The molecule has 0 radical (unpaired) electrons. The maximum absolute atomic E-state index is 13.7. The normalized spacial score (nSPS) is 36.1. The van der Waals surface area contributed by atoms with Crippen molar-refractivity contribution in [2.24, 2.45) is 0 Å². The second kappa shape index (κ2) is 7.33. The van der Waals surface area contributed by atoms with Gasteiger partial charge in [0.25, 0.3) is 0 Å². The average molecular weight is 333 g/mol. The zero-order valence-corrected chi connectivity index (χ0v) is 14.4. The van der Waals surface area contributed by atoms with E-state index >= 15 is 0 Å². The molecule has 0 saturated carbocycles. The van der Waals surface area contributed by atoms with Crippen molar-refractivity contribution >= 4 is 0 Å². The Morgan fingerprint density at radius 2 is 2.08 bits per heavy atom. The van der Waals surface area contributed by atoms with E-state index in [9.17, 15) is 10.3 Å². The van der Waals surface area contributed by atoms with Gasteiger partial charge >= 0.3 is 0 Å². The lowest BCUT2D eigenvalue weighted by Gasteiger charge is -2.53. The minimum Gasteiger partial charge on any atom is -0.632 e. The highest BCUT2D eigenvalue weighted by molar-refractivity contribution is 5.16. The quantitative estimate of drug-likeness (QED) is 0.493. The summed E-state index contributed by atoms with van der Waals surface area (Å²) in [5.41, 5.74) is 2.21. The summed E-state index contributed by atoms with van der Waals surface area (Å²) in [6, 6.07) is 9.68. The molecule has 2 aliphatic rings. The van der Waals surface area contributed by atoms with Crippen molar-refractivity contribution in [3.63, 3.8) is 0 Å². The zero-order chi connectivity index (χ0) is 17.2.